The number of imide groups is 1. The second-order valence-electron chi connectivity index (χ2n) is 16.0. The average Bonchev–Trinajstić information content (AvgIpc) is 3.48. The van der Waals surface area contributed by atoms with Gasteiger partial charge in [0, 0.05) is 96.2 Å². The minimum Gasteiger partial charge on any atom is -0.508 e. The molecule has 5 aromatic rings. The monoisotopic (exact) mass is 753 g/mol. The molecule has 0 bridgehead atoms. The highest BCUT2D eigenvalue weighted by molar-refractivity contribution is 6.00. The summed E-state index contributed by atoms with van der Waals surface area (Å²) in [4.78, 5) is 47.6. The molecule has 0 radical (unpaired) electrons. The van der Waals surface area contributed by atoms with Crippen molar-refractivity contribution in [3.05, 3.63) is 124 Å². The summed E-state index contributed by atoms with van der Waals surface area (Å²) in [7, 11) is 1.75. The van der Waals surface area contributed by atoms with E-state index in [2.05, 4.69) is 97.7 Å². The summed E-state index contributed by atoms with van der Waals surface area (Å²) in [6, 6.07) is 31.5. The summed E-state index contributed by atoms with van der Waals surface area (Å²) >= 11 is 0. The Balaban J connectivity index is 0.778. The Bertz CT molecular complexity index is 2290. The van der Waals surface area contributed by atoms with Crippen molar-refractivity contribution in [1.82, 2.24) is 24.3 Å². The number of phenolic OH excluding ortho intramolecular Hbond substituents is 1. The zero-order valence-electron chi connectivity index (χ0n) is 32.1. The second-order valence-corrected chi connectivity index (χ2v) is 16.0. The van der Waals surface area contributed by atoms with Crippen molar-refractivity contribution in [3.63, 3.8) is 0 Å². The number of rotatable bonds is 8. The van der Waals surface area contributed by atoms with Gasteiger partial charge >= 0.3 is 5.69 Å². The largest absolute Gasteiger partial charge is 0.508 e. The number of nitrogens with zero attached hydrogens (tertiary/aromatic N) is 6. The van der Waals surface area contributed by atoms with Crippen molar-refractivity contribution in [2.45, 2.75) is 43.6 Å². The van der Waals surface area contributed by atoms with E-state index in [9.17, 15) is 19.5 Å². The molecule has 4 aliphatic rings. The average molecular weight is 754 g/mol. The summed E-state index contributed by atoms with van der Waals surface area (Å²) in [6.07, 6.45) is 2.60. The standard InChI is InChI=1S/C45H51N7O4/c1-47-41-30-35(12-16-39(41)52(45(47)56)40-17-18-42(54)46-44(40)55)51-27-23-49(24-28-51)20-19-48-21-25-50(26-22-48)34-10-7-32(8-11-34)43-37(31-5-3-2-4-6-31)14-9-33-29-36(53)13-15-38(33)43/h2-8,10-13,15-16,29-30,37,40,43,53H,9,14,17-28H2,1H3,(H,46,54,55)/t37-,40?,43+/m1/s1. The molecule has 0 saturated carbocycles. The number of aromatic hydroxyl groups is 1. The van der Waals surface area contributed by atoms with Crippen LogP contribution in [0.4, 0.5) is 11.4 Å². The molecule has 9 rings (SSSR count). The first-order chi connectivity index (χ1) is 27.3. The summed E-state index contributed by atoms with van der Waals surface area (Å²) < 4.78 is 3.15. The minimum atomic E-state index is -0.676. The summed E-state index contributed by atoms with van der Waals surface area (Å²) in [5.74, 6) is 0.309. The Morgan fingerprint density at radius 3 is 2.00 bits per heavy atom. The SMILES string of the molecule is Cn1c(=O)n(C2CCC(=O)NC2=O)c2ccc(N3CCN(CCN4CCN(c5ccc([C@@H]6c7ccc(O)cc7CC[C@@H]6c6ccccc6)cc5)CC4)CC3)cc21. The van der Waals surface area contributed by atoms with E-state index < -0.39 is 11.9 Å². The van der Waals surface area contributed by atoms with Crippen LogP contribution in [0.1, 0.15) is 59.4 Å². The van der Waals surface area contributed by atoms with Crippen molar-refractivity contribution in [3.8, 4) is 5.75 Å². The van der Waals surface area contributed by atoms with Crippen LogP contribution in [0.15, 0.2) is 95.8 Å². The van der Waals surface area contributed by atoms with E-state index in [-0.39, 0.29) is 23.9 Å². The van der Waals surface area contributed by atoms with Crippen LogP contribution in [0.25, 0.3) is 11.0 Å². The number of piperazine rings is 2. The van der Waals surface area contributed by atoms with Gasteiger partial charge in [-0.05, 0) is 89.9 Å². The molecule has 1 aromatic heterocycles. The maximum atomic E-state index is 13.2. The smallest absolute Gasteiger partial charge is 0.329 e. The highest BCUT2D eigenvalue weighted by Crippen LogP contribution is 2.47. The molecule has 11 heteroatoms. The van der Waals surface area contributed by atoms with Crippen molar-refractivity contribution in [2.24, 2.45) is 7.05 Å². The highest BCUT2D eigenvalue weighted by Gasteiger charge is 2.33. The quantitative estimate of drug-likeness (QED) is 0.217. The maximum Gasteiger partial charge on any atom is 0.329 e. The molecule has 290 valence electrons. The van der Waals surface area contributed by atoms with E-state index in [0.717, 1.165) is 95.0 Å². The number of piperidine rings is 1. The predicted molar refractivity (Wildman–Crippen MR) is 220 cm³/mol. The number of amides is 2. The van der Waals surface area contributed by atoms with Gasteiger partial charge in [0.15, 0.2) is 0 Å². The van der Waals surface area contributed by atoms with Crippen LogP contribution in [0.2, 0.25) is 0 Å². The predicted octanol–water partition coefficient (Wildman–Crippen LogP) is 4.83. The third-order valence-electron chi connectivity index (χ3n) is 12.9. The van der Waals surface area contributed by atoms with Crippen molar-refractivity contribution >= 4 is 34.2 Å². The van der Waals surface area contributed by atoms with Gasteiger partial charge in [-0.2, -0.15) is 0 Å². The molecule has 3 fully saturated rings. The van der Waals surface area contributed by atoms with Crippen molar-refractivity contribution in [1.29, 1.82) is 0 Å². The van der Waals surface area contributed by atoms with Crippen LogP contribution >= 0.6 is 0 Å². The Morgan fingerprint density at radius 2 is 1.32 bits per heavy atom. The first-order valence-electron chi connectivity index (χ1n) is 20.3. The number of aryl methyl sites for hydroxylation is 2. The van der Waals surface area contributed by atoms with Gasteiger partial charge < -0.3 is 14.9 Å². The summed E-state index contributed by atoms with van der Waals surface area (Å²) in [6.45, 7) is 10.0. The molecule has 56 heavy (non-hydrogen) atoms. The molecule has 2 N–H and O–H groups in total. The lowest BCUT2D eigenvalue weighted by atomic mass is 9.69. The van der Waals surface area contributed by atoms with Crippen LogP contribution in [0.5, 0.6) is 5.75 Å². The number of carbonyl (C=O) groups is 2. The molecular weight excluding hydrogens is 703 g/mol. The fraction of sp³-hybridized carbons (Fsp3) is 0.400. The normalized spacial score (nSPS) is 22.3. The number of phenols is 1. The molecule has 0 spiro atoms. The summed E-state index contributed by atoms with van der Waals surface area (Å²) in [5, 5.41) is 12.6. The van der Waals surface area contributed by atoms with Crippen LogP contribution in [0, 0.1) is 0 Å². The lowest BCUT2D eigenvalue weighted by molar-refractivity contribution is -0.135. The third-order valence-corrected chi connectivity index (χ3v) is 12.9. The lowest BCUT2D eigenvalue weighted by Gasteiger charge is -2.39. The van der Waals surface area contributed by atoms with E-state index in [0.29, 0.717) is 18.1 Å². The van der Waals surface area contributed by atoms with Gasteiger partial charge in [0.25, 0.3) is 0 Å². The van der Waals surface area contributed by atoms with E-state index in [1.165, 1.54) is 27.9 Å². The van der Waals surface area contributed by atoms with E-state index in [1.54, 1.807) is 16.2 Å². The fourth-order valence-corrected chi connectivity index (χ4v) is 9.69. The molecular formula is C45H51N7O4. The number of aromatic nitrogens is 2. The molecule has 4 aromatic carbocycles. The Hall–Kier alpha value is -5.39. The molecule has 1 aliphatic carbocycles. The topological polar surface area (TPSA) is 106 Å². The second kappa shape index (κ2) is 15.3. The van der Waals surface area contributed by atoms with Gasteiger partial charge in [0.2, 0.25) is 11.8 Å². The van der Waals surface area contributed by atoms with Gasteiger partial charge in [0.1, 0.15) is 11.8 Å². The Morgan fingerprint density at radius 1 is 0.661 bits per heavy atom. The van der Waals surface area contributed by atoms with E-state index in [4.69, 9.17) is 0 Å². The van der Waals surface area contributed by atoms with E-state index >= 15 is 0 Å². The first-order valence-corrected chi connectivity index (χ1v) is 20.3. The molecule has 3 atom stereocenters. The van der Waals surface area contributed by atoms with Crippen LogP contribution in [0.3, 0.4) is 0 Å². The van der Waals surface area contributed by atoms with Gasteiger partial charge in [0.05, 0.1) is 11.0 Å². The first kappa shape index (κ1) is 36.3. The van der Waals surface area contributed by atoms with Gasteiger partial charge in [-0.1, -0.05) is 48.5 Å². The molecule has 3 aliphatic heterocycles. The number of fused-ring (bicyclic) bond motifs is 2. The van der Waals surface area contributed by atoms with E-state index in [1.807, 2.05) is 18.2 Å². The molecule has 1 unspecified atom stereocenters. The molecule has 4 heterocycles. The van der Waals surface area contributed by atoms with Crippen LogP contribution in [-0.4, -0.2) is 101 Å². The van der Waals surface area contributed by atoms with Crippen molar-refractivity contribution < 1.29 is 14.7 Å². The number of nitrogens with one attached hydrogen (secondary N) is 1. The number of hydrogen-bond acceptors (Lipinski definition) is 8. The number of imidazole rings is 1. The Kier molecular flexibility index (Phi) is 9.89. The zero-order valence-corrected chi connectivity index (χ0v) is 32.1. The third kappa shape index (κ3) is 6.98. The number of hydrogen-bond donors (Lipinski definition) is 2. The van der Waals surface area contributed by atoms with Gasteiger partial charge in [-0.15, -0.1) is 0 Å². The maximum absolute atomic E-state index is 13.2. The molecule has 3 saturated heterocycles. The minimum absolute atomic E-state index is 0.230. The highest BCUT2D eigenvalue weighted by atomic mass is 16.3. The summed E-state index contributed by atoms with van der Waals surface area (Å²) in [5.41, 5.74) is 8.95. The van der Waals surface area contributed by atoms with Gasteiger partial charge in [-0.25, -0.2) is 4.79 Å². The molecule has 11 nitrogen and oxygen atoms in total. The van der Waals surface area contributed by atoms with Crippen LogP contribution < -0.4 is 20.8 Å². The number of anilines is 2. The number of benzene rings is 4. The molecule has 2 amide bonds. The van der Waals surface area contributed by atoms with Crippen LogP contribution in [-0.2, 0) is 23.1 Å². The lowest BCUT2D eigenvalue weighted by Crippen LogP contribution is -2.51. The number of carbonyl (C=O) groups excluding carboxylic acids is 2. The fourth-order valence-electron chi connectivity index (χ4n) is 9.69. The Labute approximate surface area is 327 Å². The zero-order chi connectivity index (χ0) is 38.3. The van der Waals surface area contributed by atoms with Crippen molar-refractivity contribution in [2.75, 3.05) is 75.2 Å². The van der Waals surface area contributed by atoms with Gasteiger partial charge in [-0.3, -0.25) is 33.8 Å².